The van der Waals surface area contributed by atoms with Crippen molar-refractivity contribution >= 4 is 29.3 Å². The molecule has 1 atom stereocenters. The molecule has 3 amide bonds. The highest BCUT2D eigenvalue weighted by Crippen LogP contribution is 2.28. The molecule has 2 heterocycles. The number of nitrogens with one attached hydrogen (secondary N) is 1. The van der Waals surface area contributed by atoms with Crippen LogP contribution in [-0.4, -0.2) is 67.2 Å². The maximum absolute atomic E-state index is 12.1. The molecular weight excluding hydrogens is 348 g/mol. The van der Waals surface area contributed by atoms with Crippen LogP contribution in [0.4, 0.5) is 16.2 Å². The zero-order chi connectivity index (χ0) is 19.6. The van der Waals surface area contributed by atoms with E-state index in [1.165, 1.54) is 4.90 Å². The zero-order valence-electron chi connectivity index (χ0n) is 15.7. The van der Waals surface area contributed by atoms with Gasteiger partial charge in [-0.3, -0.25) is 14.9 Å². The lowest BCUT2D eigenvalue weighted by molar-refractivity contribution is -0.134. The van der Waals surface area contributed by atoms with E-state index < -0.39 is 6.09 Å². The van der Waals surface area contributed by atoms with Gasteiger partial charge in [0.1, 0.15) is 6.04 Å². The molecular formula is C19H26N4O4. The highest BCUT2D eigenvalue weighted by atomic mass is 16.4. The summed E-state index contributed by atoms with van der Waals surface area (Å²) >= 11 is 0. The van der Waals surface area contributed by atoms with Crippen molar-refractivity contribution in [1.82, 2.24) is 10.2 Å². The van der Waals surface area contributed by atoms with Crippen LogP contribution in [0.1, 0.15) is 25.7 Å². The van der Waals surface area contributed by atoms with Gasteiger partial charge in [-0.05, 0) is 37.5 Å². The van der Waals surface area contributed by atoms with Crippen LogP contribution in [0.25, 0.3) is 0 Å². The van der Waals surface area contributed by atoms with Crippen molar-refractivity contribution in [3.63, 3.8) is 0 Å². The minimum Gasteiger partial charge on any atom is -0.465 e. The fourth-order valence-corrected chi connectivity index (χ4v) is 3.81. The first-order chi connectivity index (χ1) is 12.9. The minimum absolute atomic E-state index is 0.0491. The number of carboxylic acid groups (broad SMARTS) is 1. The topological polar surface area (TPSA) is 93.2 Å². The highest BCUT2D eigenvalue weighted by molar-refractivity contribution is 6.01. The monoisotopic (exact) mass is 374 g/mol. The standard InChI is InChI=1S/C19H26N4O4/c1-21(16-6-7-17(24)20-18(16)25)14-4-3-5-15(12-14)23-10-8-13(9-11-23)22(2)19(26)27/h3-5,12-13,16H,6-11H2,1-2H3,(H,26,27)(H,20,24,25)/t16-/m0/s1. The maximum Gasteiger partial charge on any atom is 0.407 e. The van der Waals surface area contributed by atoms with Gasteiger partial charge in [0.2, 0.25) is 11.8 Å². The van der Waals surface area contributed by atoms with Crippen molar-refractivity contribution in [2.45, 2.75) is 37.8 Å². The van der Waals surface area contributed by atoms with Crippen molar-refractivity contribution in [3.05, 3.63) is 24.3 Å². The lowest BCUT2D eigenvalue weighted by Gasteiger charge is -2.37. The number of anilines is 2. The molecule has 1 aromatic rings. The van der Waals surface area contributed by atoms with Crippen LogP contribution in [0.3, 0.4) is 0 Å². The van der Waals surface area contributed by atoms with Crippen molar-refractivity contribution in [2.75, 3.05) is 37.0 Å². The summed E-state index contributed by atoms with van der Waals surface area (Å²) in [5, 5.41) is 11.5. The summed E-state index contributed by atoms with van der Waals surface area (Å²) in [5.74, 6) is -0.468. The van der Waals surface area contributed by atoms with Gasteiger partial charge in [0.25, 0.3) is 0 Å². The molecule has 2 aliphatic heterocycles. The van der Waals surface area contributed by atoms with E-state index >= 15 is 0 Å². The van der Waals surface area contributed by atoms with Crippen LogP contribution >= 0.6 is 0 Å². The molecule has 2 fully saturated rings. The van der Waals surface area contributed by atoms with Gasteiger partial charge in [0.15, 0.2) is 0 Å². The zero-order valence-corrected chi connectivity index (χ0v) is 15.7. The van der Waals surface area contributed by atoms with Crippen LogP contribution in [0.15, 0.2) is 24.3 Å². The third kappa shape index (κ3) is 4.15. The smallest absolute Gasteiger partial charge is 0.407 e. The molecule has 2 saturated heterocycles. The lowest BCUT2D eigenvalue weighted by Crippen LogP contribution is -2.51. The first-order valence-electron chi connectivity index (χ1n) is 9.24. The van der Waals surface area contributed by atoms with Gasteiger partial charge < -0.3 is 19.8 Å². The fraction of sp³-hybridized carbons (Fsp3) is 0.526. The number of piperidine rings is 2. The van der Waals surface area contributed by atoms with Crippen LogP contribution in [0.5, 0.6) is 0 Å². The molecule has 3 rings (SSSR count). The molecule has 0 spiro atoms. The number of imide groups is 1. The van der Waals surface area contributed by atoms with E-state index in [1.54, 1.807) is 7.05 Å². The quantitative estimate of drug-likeness (QED) is 0.776. The average molecular weight is 374 g/mol. The van der Waals surface area contributed by atoms with Crippen molar-refractivity contribution in [1.29, 1.82) is 0 Å². The summed E-state index contributed by atoms with van der Waals surface area (Å²) in [5.41, 5.74) is 1.98. The van der Waals surface area contributed by atoms with Crippen molar-refractivity contribution in [3.8, 4) is 0 Å². The van der Waals surface area contributed by atoms with Gasteiger partial charge in [-0.25, -0.2) is 4.79 Å². The lowest BCUT2D eigenvalue weighted by atomic mass is 10.0. The first kappa shape index (κ1) is 19.0. The molecule has 0 saturated carbocycles. The van der Waals surface area contributed by atoms with Crippen LogP contribution < -0.4 is 15.1 Å². The Kier molecular flexibility index (Phi) is 5.53. The SMILES string of the molecule is CN(C(=O)O)C1CCN(c2cccc(N(C)[C@H]3CCC(=O)NC3=O)c2)CC1. The van der Waals surface area contributed by atoms with Crippen molar-refractivity contribution < 1.29 is 19.5 Å². The fourth-order valence-electron chi connectivity index (χ4n) is 3.81. The second-order valence-electron chi connectivity index (χ2n) is 7.21. The molecule has 146 valence electrons. The summed E-state index contributed by atoms with van der Waals surface area (Å²) in [6, 6.07) is 7.69. The Bertz CT molecular complexity index is 730. The Balaban J connectivity index is 1.67. The van der Waals surface area contributed by atoms with Crippen LogP contribution in [0.2, 0.25) is 0 Å². The van der Waals surface area contributed by atoms with E-state index in [9.17, 15) is 14.4 Å². The number of hydrogen-bond donors (Lipinski definition) is 2. The Hall–Kier alpha value is -2.77. The predicted molar refractivity (Wildman–Crippen MR) is 102 cm³/mol. The Labute approximate surface area is 158 Å². The van der Waals surface area contributed by atoms with Crippen LogP contribution in [-0.2, 0) is 9.59 Å². The Morgan fingerprint density at radius 3 is 2.52 bits per heavy atom. The van der Waals surface area contributed by atoms with Gasteiger partial charge in [-0.1, -0.05) is 6.07 Å². The summed E-state index contributed by atoms with van der Waals surface area (Å²) in [6.45, 7) is 1.57. The van der Waals surface area contributed by atoms with E-state index in [4.69, 9.17) is 5.11 Å². The molecule has 0 aromatic heterocycles. The number of amides is 3. The molecule has 27 heavy (non-hydrogen) atoms. The Morgan fingerprint density at radius 2 is 1.89 bits per heavy atom. The molecule has 2 N–H and O–H groups in total. The summed E-state index contributed by atoms with van der Waals surface area (Å²) in [4.78, 5) is 40.2. The third-order valence-electron chi connectivity index (χ3n) is 5.59. The molecule has 0 radical (unpaired) electrons. The van der Waals surface area contributed by atoms with Crippen molar-refractivity contribution in [2.24, 2.45) is 0 Å². The van der Waals surface area contributed by atoms with Gasteiger partial charge >= 0.3 is 6.09 Å². The van der Waals surface area contributed by atoms with E-state index in [1.807, 2.05) is 36.2 Å². The number of nitrogens with zero attached hydrogens (tertiary/aromatic N) is 3. The normalized spacial score (nSPS) is 21.0. The summed E-state index contributed by atoms with van der Waals surface area (Å²) in [7, 11) is 3.49. The summed E-state index contributed by atoms with van der Waals surface area (Å²) < 4.78 is 0. The second kappa shape index (κ2) is 7.85. The minimum atomic E-state index is -0.888. The van der Waals surface area contributed by atoms with Gasteiger partial charge in [0, 0.05) is 51.0 Å². The average Bonchev–Trinajstić information content (AvgIpc) is 2.67. The largest absolute Gasteiger partial charge is 0.465 e. The van der Waals surface area contributed by atoms with E-state index in [2.05, 4.69) is 10.2 Å². The number of likely N-dealkylation sites (N-methyl/N-ethyl adjacent to an activating group) is 1. The maximum atomic E-state index is 12.1. The number of carbonyl (C=O) groups is 3. The van der Waals surface area contributed by atoms with E-state index in [0.29, 0.717) is 12.8 Å². The number of carbonyl (C=O) groups excluding carboxylic acids is 2. The second-order valence-corrected chi connectivity index (χ2v) is 7.21. The molecule has 1 aromatic carbocycles. The number of hydrogen-bond acceptors (Lipinski definition) is 5. The van der Waals surface area contributed by atoms with Gasteiger partial charge in [0.05, 0.1) is 0 Å². The molecule has 0 aliphatic carbocycles. The molecule has 8 heteroatoms. The summed E-state index contributed by atoms with van der Waals surface area (Å²) in [6.07, 6.45) is 1.55. The van der Waals surface area contributed by atoms with Gasteiger partial charge in [-0.15, -0.1) is 0 Å². The third-order valence-corrected chi connectivity index (χ3v) is 5.59. The van der Waals surface area contributed by atoms with E-state index in [-0.39, 0.29) is 23.9 Å². The van der Waals surface area contributed by atoms with E-state index in [0.717, 1.165) is 37.3 Å². The highest BCUT2D eigenvalue weighted by Gasteiger charge is 2.30. The number of benzene rings is 1. The van der Waals surface area contributed by atoms with Crippen LogP contribution in [0, 0.1) is 0 Å². The molecule has 0 unspecified atom stereocenters. The molecule has 2 aliphatic rings. The predicted octanol–water partition coefficient (Wildman–Crippen LogP) is 1.51. The Morgan fingerprint density at radius 1 is 1.19 bits per heavy atom. The van der Waals surface area contributed by atoms with Gasteiger partial charge in [-0.2, -0.15) is 0 Å². The number of rotatable bonds is 4. The molecule has 0 bridgehead atoms. The first-order valence-corrected chi connectivity index (χ1v) is 9.24. The molecule has 8 nitrogen and oxygen atoms in total.